The van der Waals surface area contributed by atoms with Gasteiger partial charge >= 0.3 is 5.97 Å². The molecule has 27 nitrogen and oxygen atoms in total. The zero-order valence-corrected chi connectivity index (χ0v) is 33.4. The van der Waals surface area contributed by atoms with Gasteiger partial charge in [-0.1, -0.05) is 20.3 Å². The standard InChI is InChI=1S/C33H58N12O15/c1-15(2)26(45-28(54)17(35)6-4-5-7-34)32(58)43-20(13-47)30(56)40-16(3)27(53)38-11-25(52)41-18(8-22(36)49)29(55)39-9-23(50)37-10-24(51)42-19(12-46)31(57)44-21(14-48)33(59)60/h15-21,26,46-48H,4-14,34-35H2,1-3H3,(H2,36,49)(H,37,50)(H,38,53)(H,39,55)(H,40,56)(H,41,52)(H,42,51)(H,43,58)(H,44,57)(H,45,54)(H,59,60)/t16-,17-,18-,19-,20-,21-,26-/m0/s1. The topological polar surface area (TPSA) is 455 Å². The number of rotatable bonds is 29. The number of aliphatic hydroxyl groups excluding tert-OH is 3. The number of hydrogen-bond donors (Lipinski definition) is 16. The number of primary amides is 1. The van der Waals surface area contributed by atoms with Crippen LogP contribution in [0.1, 0.15) is 46.5 Å². The molecule has 0 aliphatic carbocycles. The number of unbranched alkanes of at least 4 members (excludes halogenated alkanes) is 1. The molecular weight excluding hydrogens is 804 g/mol. The van der Waals surface area contributed by atoms with E-state index in [1.54, 1.807) is 13.8 Å². The van der Waals surface area contributed by atoms with Gasteiger partial charge in [-0.2, -0.15) is 0 Å². The lowest BCUT2D eigenvalue weighted by molar-refractivity contribution is -0.143. The Morgan fingerprint density at radius 1 is 0.533 bits per heavy atom. The van der Waals surface area contributed by atoms with Crippen LogP contribution >= 0.6 is 0 Å². The van der Waals surface area contributed by atoms with E-state index in [0.717, 1.165) is 0 Å². The highest BCUT2D eigenvalue weighted by molar-refractivity contribution is 5.97. The summed E-state index contributed by atoms with van der Waals surface area (Å²) in [6, 6.07) is -10.00. The third-order valence-electron chi connectivity index (χ3n) is 8.10. The van der Waals surface area contributed by atoms with Crippen molar-refractivity contribution in [3.63, 3.8) is 0 Å². The predicted octanol–water partition coefficient (Wildman–Crippen LogP) is -9.69. The zero-order valence-electron chi connectivity index (χ0n) is 33.4. The molecule has 0 fully saturated rings. The van der Waals surface area contributed by atoms with Gasteiger partial charge in [-0.25, -0.2) is 4.79 Å². The van der Waals surface area contributed by atoms with Gasteiger partial charge in [0.1, 0.15) is 36.3 Å². The van der Waals surface area contributed by atoms with E-state index in [0.29, 0.717) is 25.8 Å². The molecule has 0 saturated heterocycles. The molecule has 7 atom stereocenters. The average Bonchev–Trinajstić information content (AvgIpc) is 3.18. The van der Waals surface area contributed by atoms with Gasteiger partial charge in [0, 0.05) is 0 Å². The molecule has 0 aliphatic rings. The number of nitrogens with one attached hydrogen (secondary N) is 9. The number of carbonyl (C=O) groups is 11. The fraction of sp³-hybridized carbons (Fsp3) is 0.667. The lowest BCUT2D eigenvalue weighted by atomic mass is 10.0. The first kappa shape index (κ1) is 54.0. The Hall–Kier alpha value is -6.03. The highest BCUT2D eigenvalue weighted by Crippen LogP contribution is 2.05. The van der Waals surface area contributed by atoms with E-state index < -0.39 is 159 Å². The second-order valence-corrected chi connectivity index (χ2v) is 13.5. The van der Waals surface area contributed by atoms with Crippen LogP contribution in [0.2, 0.25) is 0 Å². The first-order valence-corrected chi connectivity index (χ1v) is 18.5. The summed E-state index contributed by atoms with van der Waals surface area (Å²) in [5.74, 6) is -11.7. The van der Waals surface area contributed by atoms with Gasteiger partial charge in [-0.3, -0.25) is 47.9 Å². The molecule has 0 heterocycles. The number of aliphatic carboxylic acids is 1. The van der Waals surface area contributed by atoms with Gasteiger partial charge in [-0.15, -0.1) is 0 Å². The Morgan fingerprint density at radius 3 is 1.53 bits per heavy atom. The Balaban J connectivity index is 5.10. The van der Waals surface area contributed by atoms with Crippen LogP contribution in [0.4, 0.5) is 0 Å². The van der Waals surface area contributed by atoms with Crippen molar-refractivity contribution in [2.75, 3.05) is 46.0 Å². The molecule has 0 saturated carbocycles. The number of carbonyl (C=O) groups excluding carboxylic acids is 10. The lowest BCUT2D eigenvalue weighted by Gasteiger charge is -2.26. The van der Waals surface area contributed by atoms with Gasteiger partial charge in [0.2, 0.25) is 59.1 Å². The van der Waals surface area contributed by atoms with Crippen molar-refractivity contribution in [1.82, 2.24) is 47.9 Å². The number of nitrogens with two attached hydrogens (primary N) is 3. The third-order valence-corrected chi connectivity index (χ3v) is 8.10. The molecule has 0 radical (unpaired) electrons. The van der Waals surface area contributed by atoms with Crippen LogP contribution in [-0.4, -0.2) is 174 Å². The van der Waals surface area contributed by atoms with Crippen LogP contribution in [0.5, 0.6) is 0 Å². The molecule has 27 heteroatoms. The maximum absolute atomic E-state index is 13.0. The van der Waals surface area contributed by atoms with Gasteiger partial charge in [-0.05, 0) is 32.2 Å². The van der Waals surface area contributed by atoms with Crippen molar-refractivity contribution in [2.24, 2.45) is 23.1 Å². The van der Waals surface area contributed by atoms with Gasteiger partial charge in [0.15, 0.2) is 0 Å². The number of carboxylic acids is 1. The van der Waals surface area contributed by atoms with Crippen LogP contribution in [0.25, 0.3) is 0 Å². The lowest BCUT2D eigenvalue weighted by Crippen LogP contribution is -2.59. The number of hydrogen-bond acceptors (Lipinski definition) is 16. The summed E-state index contributed by atoms with van der Waals surface area (Å²) in [7, 11) is 0. The summed E-state index contributed by atoms with van der Waals surface area (Å²) in [6.07, 6.45) is 0.802. The largest absolute Gasteiger partial charge is 0.480 e. The van der Waals surface area contributed by atoms with E-state index in [1.807, 2.05) is 10.6 Å². The molecule has 0 rings (SSSR count). The van der Waals surface area contributed by atoms with Crippen molar-refractivity contribution in [3.8, 4) is 0 Å². The Kier molecular flexibility index (Phi) is 25.5. The van der Waals surface area contributed by atoms with Gasteiger partial charge in [0.05, 0.1) is 51.9 Å². The molecule has 0 aromatic rings. The molecule has 0 aromatic carbocycles. The summed E-state index contributed by atoms with van der Waals surface area (Å²) in [6.45, 7) is -0.374. The molecular formula is C33H58N12O15. The molecule has 60 heavy (non-hydrogen) atoms. The molecule has 0 unspecified atom stereocenters. The summed E-state index contributed by atoms with van der Waals surface area (Å²) < 4.78 is 0. The van der Waals surface area contributed by atoms with Crippen LogP contribution in [-0.2, 0) is 52.7 Å². The van der Waals surface area contributed by atoms with Crippen molar-refractivity contribution < 1.29 is 73.2 Å². The molecule has 0 aromatic heterocycles. The number of aliphatic hydroxyl groups is 3. The molecule has 0 spiro atoms. The minimum absolute atomic E-state index is 0.323. The molecule has 0 bridgehead atoms. The molecule has 10 amide bonds. The third kappa shape index (κ3) is 21.1. The first-order valence-electron chi connectivity index (χ1n) is 18.5. The second kappa shape index (κ2) is 28.4. The minimum atomic E-state index is -1.72. The highest BCUT2D eigenvalue weighted by atomic mass is 16.4. The predicted molar refractivity (Wildman–Crippen MR) is 205 cm³/mol. The average molecular weight is 863 g/mol. The van der Waals surface area contributed by atoms with E-state index in [1.165, 1.54) is 6.92 Å². The molecule has 19 N–H and O–H groups in total. The molecule has 340 valence electrons. The second-order valence-electron chi connectivity index (χ2n) is 13.5. The summed E-state index contributed by atoms with van der Waals surface area (Å²) in [4.78, 5) is 135. The summed E-state index contributed by atoms with van der Waals surface area (Å²) >= 11 is 0. The fourth-order valence-corrected chi connectivity index (χ4v) is 4.68. The van der Waals surface area contributed by atoms with Crippen LogP contribution in [0.3, 0.4) is 0 Å². The van der Waals surface area contributed by atoms with E-state index in [9.17, 15) is 63.0 Å². The minimum Gasteiger partial charge on any atom is -0.480 e. The maximum Gasteiger partial charge on any atom is 0.328 e. The van der Waals surface area contributed by atoms with E-state index >= 15 is 0 Å². The zero-order chi connectivity index (χ0) is 46.1. The van der Waals surface area contributed by atoms with Crippen LogP contribution < -0.4 is 65.1 Å². The monoisotopic (exact) mass is 862 g/mol. The van der Waals surface area contributed by atoms with Crippen LogP contribution in [0, 0.1) is 5.92 Å². The summed E-state index contributed by atoms with van der Waals surface area (Å²) in [5, 5.41) is 56.5. The van der Waals surface area contributed by atoms with Crippen molar-refractivity contribution >= 4 is 65.0 Å². The Bertz CT molecular complexity index is 1530. The smallest absolute Gasteiger partial charge is 0.328 e. The Morgan fingerprint density at radius 2 is 1.02 bits per heavy atom. The van der Waals surface area contributed by atoms with Gasteiger partial charge < -0.3 is 85.5 Å². The summed E-state index contributed by atoms with van der Waals surface area (Å²) in [5.41, 5.74) is 16.5. The number of amides is 10. The van der Waals surface area contributed by atoms with Crippen LogP contribution in [0.15, 0.2) is 0 Å². The fourth-order valence-electron chi connectivity index (χ4n) is 4.68. The normalized spacial score (nSPS) is 14.3. The van der Waals surface area contributed by atoms with Crippen molar-refractivity contribution in [1.29, 1.82) is 0 Å². The maximum atomic E-state index is 13.0. The van der Waals surface area contributed by atoms with E-state index in [4.69, 9.17) is 27.4 Å². The SMILES string of the molecule is CC(C)[C@H](NC(=O)[C@@H](N)CCCCN)C(=O)N[C@@H](CO)C(=O)N[C@@H](C)C(=O)NCC(=O)N[C@@H](CC(N)=O)C(=O)NCC(=O)NCC(=O)N[C@@H](CO)C(=O)N[C@@H](CO)C(=O)O. The van der Waals surface area contributed by atoms with E-state index in [2.05, 4.69) is 37.2 Å². The van der Waals surface area contributed by atoms with E-state index in [-0.39, 0.29) is 0 Å². The van der Waals surface area contributed by atoms with Gasteiger partial charge in [0.25, 0.3) is 0 Å². The number of carboxylic acid groups (broad SMARTS) is 1. The quantitative estimate of drug-likeness (QED) is 0.0310. The van der Waals surface area contributed by atoms with Crippen molar-refractivity contribution in [3.05, 3.63) is 0 Å². The first-order chi connectivity index (χ1) is 28.1. The Labute approximate surface area is 343 Å². The highest BCUT2D eigenvalue weighted by Gasteiger charge is 2.31. The van der Waals surface area contributed by atoms with Crippen molar-refractivity contribution in [2.45, 2.75) is 88.7 Å². The molecule has 0 aliphatic heterocycles.